The highest BCUT2D eigenvalue weighted by atomic mass is 79.9. The van der Waals surface area contributed by atoms with Crippen LogP contribution in [-0.2, 0) is 16.2 Å². The number of nitrogens with one attached hydrogen (secondary N) is 1. The number of methoxy groups -OCH3 is 1. The highest BCUT2D eigenvalue weighted by Crippen LogP contribution is 2.38. The molecule has 178 valence electrons. The van der Waals surface area contributed by atoms with E-state index in [1.807, 2.05) is 24.3 Å². The van der Waals surface area contributed by atoms with Crippen LogP contribution in [0.3, 0.4) is 0 Å². The van der Waals surface area contributed by atoms with Gasteiger partial charge in [-0.15, -0.1) is 0 Å². The lowest BCUT2D eigenvalue weighted by Gasteiger charge is -2.27. The number of benzene rings is 3. The maximum absolute atomic E-state index is 13.1. The number of anilines is 1. The van der Waals surface area contributed by atoms with E-state index in [1.165, 1.54) is 31.4 Å². The number of para-hydroxylation sites is 1. The number of carbonyl (C=O) groups is 3. The van der Waals surface area contributed by atoms with Gasteiger partial charge in [0.15, 0.2) is 11.5 Å². The highest BCUT2D eigenvalue weighted by Gasteiger charge is 2.37. The summed E-state index contributed by atoms with van der Waals surface area (Å²) < 4.78 is 12.2. The van der Waals surface area contributed by atoms with Crippen LogP contribution in [0.4, 0.5) is 10.5 Å². The molecule has 1 aliphatic rings. The number of ether oxygens (including phenoxy) is 2. The molecular formula is C25H17BrCl2N2O5. The quantitative estimate of drug-likeness (QED) is 0.287. The Morgan fingerprint density at radius 2 is 1.71 bits per heavy atom. The van der Waals surface area contributed by atoms with E-state index >= 15 is 0 Å². The van der Waals surface area contributed by atoms with Gasteiger partial charge in [-0.1, -0.05) is 63.4 Å². The van der Waals surface area contributed by atoms with Gasteiger partial charge in [0.25, 0.3) is 11.8 Å². The molecule has 1 aliphatic heterocycles. The summed E-state index contributed by atoms with van der Waals surface area (Å²) in [6, 6.07) is 16.2. The molecule has 0 spiro atoms. The van der Waals surface area contributed by atoms with Gasteiger partial charge in [-0.25, -0.2) is 9.69 Å². The lowest BCUT2D eigenvalue weighted by molar-refractivity contribution is -0.122. The number of urea groups is 1. The second-order valence-corrected chi connectivity index (χ2v) is 9.09. The van der Waals surface area contributed by atoms with E-state index < -0.39 is 17.8 Å². The fourth-order valence-electron chi connectivity index (χ4n) is 3.38. The molecule has 4 amide bonds. The molecule has 0 saturated carbocycles. The summed E-state index contributed by atoms with van der Waals surface area (Å²) in [6.07, 6.45) is 1.32. The zero-order valence-electron chi connectivity index (χ0n) is 18.2. The van der Waals surface area contributed by atoms with Crippen molar-refractivity contribution in [3.8, 4) is 11.5 Å². The van der Waals surface area contributed by atoms with Crippen LogP contribution in [0.5, 0.6) is 11.5 Å². The largest absolute Gasteiger partial charge is 0.493 e. The lowest BCUT2D eigenvalue weighted by Crippen LogP contribution is -2.54. The fraction of sp³-hybridized carbons (Fsp3) is 0.0800. The lowest BCUT2D eigenvalue weighted by atomic mass is 10.1. The Bertz CT molecular complexity index is 1360. The molecule has 1 heterocycles. The minimum atomic E-state index is -0.891. The van der Waals surface area contributed by atoms with E-state index in [2.05, 4.69) is 21.2 Å². The van der Waals surface area contributed by atoms with Crippen LogP contribution in [0, 0.1) is 0 Å². The third-order valence-electron chi connectivity index (χ3n) is 5.05. The predicted molar refractivity (Wildman–Crippen MR) is 137 cm³/mol. The van der Waals surface area contributed by atoms with Crippen LogP contribution < -0.4 is 19.7 Å². The number of halogens is 3. The topological polar surface area (TPSA) is 84.9 Å². The third-order valence-corrected chi connectivity index (χ3v) is 6.18. The zero-order chi connectivity index (χ0) is 25.1. The molecule has 0 unspecified atom stereocenters. The number of hydrogen-bond acceptors (Lipinski definition) is 5. The van der Waals surface area contributed by atoms with E-state index in [-0.39, 0.29) is 27.9 Å². The van der Waals surface area contributed by atoms with Crippen LogP contribution in [-0.4, -0.2) is 25.0 Å². The number of barbiturate groups is 1. The SMILES string of the molecule is COc1cc(/C=C2\C(=O)NC(=O)N(c3ccccc3Cl)C2=O)cc(Cl)c1OCc1ccc(Br)cc1. The minimum absolute atomic E-state index is 0.155. The Kier molecular flexibility index (Phi) is 7.45. The maximum Gasteiger partial charge on any atom is 0.335 e. The number of carbonyl (C=O) groups excluding carboxylic acids is 3. The first-order chi connectivity index (χ1) is 16.8. The van der Waals surface area contributed by atoms with Crippen molar-refractivity contribution in [1.82, 2.24) is 5.32 Å². The predicted octanol–water partition coefficient (Wildman–Crippen LogP) is 6.01. The van der Waals surface area contributed by atoms with Gasteiger partial charge in [0, 0.05) is 4.47 Å². The normalized spacial score (nSPS) is 14.8. The van der Waals surface area contributed by atoms with Crippen LogP contribution in [0.15, 0.2) is 70.7 Å². The van der Waals surface area contributed by atoms with E-state index in [1.54, 1.807) is 18.2 Å². The smallest absolute Gasteiger partial charge is 0.335 e. The fourth-order valence-corrected chi connectivity index (χ4v) is 4.13. The zero-order valence-corrected chi connectivity index (χ0v) is 21.3. The van der Waals surface area contributed by atoms with Gasteiger partial charge < -0.3 is 9.47 Å². The third kappa shape index (κ3) is 5.35. The second kappa shape index (κ2) is 10.5. The molecule has 1 saturated heterocycles. The summed E-state index contributed by atoms with van der Waals surface area (Å²) in [5.74, 6) is -1.04. The van der Waals surface area contributed by atoms with Crippen molar-refractivity contribution in [2.45, 2.75) is 6.61 Å². The molecule has 3 aromatic rings. The molecule has 0 atom stereocenters. The standard InChI is InChI=1S/C25H17BrCl2N2O5/c1-34-21-12-15(11-19(28)22(21)35-13-14-6-8-16(26)9-7-14)10-17-23(31)29-25(33)30(24(17)32)20-5-3-2-4-18(20)27/h2-12H,13H2,1H3,(H,29,31,33)/b17-10+. The van der Waals surface area contributed by atoms with Crippen LogP contribution in [0.1, 0.15) is 11.1 Å². The van der Waals surface area contributed by atoms with Crippen molar-refractivity contribution in [3.05, 3.63) is 91.9 Å². The number of hydrogen-bond donors (Lipinski definition) is 1. The van der Waals surface area contributed by atoms with Gasteiger partial charge in [0.05, 0.1) is 22.8 Å². The molecule has 10 heteroatoms. The molecule has 7 nitrogen and oxygen atoms in total. The first-order valence-corrected chi connectivity index (χ1v) is 11.7. The Morgan fingerprint density at radius 3 is 2.40 bits per heavy atom. The molecule has 35 heavy (non-hydrogen) atoms. The number of imide groups is 2. The summed E-state index contributed by atoms with van der Waals surface area (Å²) >= 11 is 16.0. The van der Waals surface area contributed by atoms with Crippen molar-refractivity contribution >= 4 is 68.7 Å². The molecule has 0 aromatic heterocycles. The summed E-state index contributed by atoms with van der Waals surface area (Å²) in [7, 11) is 1.45. The van der Waals surface area contributed by atoms with Gasteiger partial charge in [0.2, 0.25) is 0 Å². The van der Waals surface area contributed by atoms with E-state index in [0.717, 1.165) is 14.9 Å². The molecule has 1 fully saturated rings. The summed E-state index contributed by atoms with van der Waals surface area (Å²) in [5, 5.41) is 2.56. The Morgan fingerprint density at radius 1 is 1.00 bits per heavy atom. The van der Waals surface area contributed by atoms with Gasteiger partial charge in [0.1, 0.15) is 12.2 Å². The van der Waals surface area contributed by atoms with Gasteiger partial charge in [-0.2, -0.15) is 0 Å². The second-order valence-electron chi connectivity index (χ2n) is 7.36. The van der Waals surface area contributed by atoms with Crippen LogP contribution in [0.25, 0.3) is 6.08 Å². The summed E-state index contributed by atoms with van der Waals surface area (Å²) in [4.78, 5) is 38.8. The van der Waals surface area contributed by atoms with E-state index in [4.69, 9.17) is 32.7 Å². The number of nitrogens with zero attached hydrogens (tertiary/aromatic N) is 1. The molecule has 4 rings (SSSR count). The molecular weight excluding hydrogens is 559 g/mol. The average molecular weight is 576 g/mol. The van der Waals surface area contributed by atoms with Gasteiger partial charge in [-0.05, 0) is 53.6 Å². The van der Waals surface area contributed by atoms with E-state index in [9.17, 15) is 14.4 Å². The number of amides is 4. The molecule has 3 aromatic carbocycles. The Balaban J connectivity index is 1.64. The van der Waals surface area contributed by atoms with Crippen molar-refractivity contribution < 1.29 is 23.9 Å². The Hall–Kier alpha value is -3.33. The first kappa shape index (κ1) is 24.8. The van der Waals surface area contributed by atoms with Crippen molar-refractivity contribution in [1.29, 1.82) is 0 Å². The molecule has 0 aliphatic carbocycles. The number of rotatable bonds is 6. The summed E-state index contributed by atoms with van der Waals surface area (Å²) in [6.45, 7) is 0.250. The van der Waals surface area contributed by atoms with E-state index in [0.29, 0.717) is 17.1 Å². The first-order valence-electron chi connectivity index (χ1n) is 10.2. The molecule has 1 N–H and O–H groups in total. The van der Waals surface area contributed by atoms with Crippen LogP contribution in [0.2, 0.25) is 10.0 Å². The van der Waals surface area contributed by atoms with Gasteiger partial charge >= 0.3 is 6.03 Å². The summed E-state index contributed by atoms with van der Waals surface area (Å²) in [5.41, 5.74) is 1.20. The highest BCUT2D eigenvalue weighted by molar-refractivity contribution is 9.10. The maximum atomic E-state index is 13.1. The van der Waals surface area contributed by atoms with Crippen molar-refractivity contribution in [3.63, 3.8) is 0 Å². The average Bonchev–Trinajstić information content (AvgIpc) is 2.83. The van der Waals surface area contributed by atoms with Crippen molar-refractivity contribution in [2.75, 3.05) is 12.0 Å². The van der Waals surface area contributed by atoms with Crippen LogP contribution >= 0.6 is 39.1 Å². The van der Waals surface area contributed by atoms with Crippen molar-refractivity contribution in [2.24, 2.45) is 0 Å². The van der Waals surface area contributed by atoms with Gasteiger partial charge in [-0.3, -0.25) is 14.9 Å². The molecule has 0 radical (unpaired) electrons. The monoisotopic (exact) mass is 574 g/mol. The Labute approximate surface area is 219 Å². The molecule has 0 bridgehead atoms. The minimum Gasteiger partial charge on any atom is -0.493 e.